The highest BCUT2D eigenvalue weighted by molar-refractivity contribution is 6.03. The van der Waals surface area contributed by atoms with Gasteiger partial charge in [-0.3, -0.25) is 9.59 Å². The quantitative estimate of drug-likeness (QED) is 0.839. The van der Waals surface area contributed by atoms with Crippen molar-refractivity contribution < 1.29 is 14.3 Å². The van der Waals surface area contributed by atoms with Crippen LogP contribution >= 0.6 is 0 Å². The van der Waals surface area contributed by atoms with E-state index in [2.05, 4.69) is 5.32 Å². The van der Waals surface area contributed by atoms with Crippen LogP contribution in [0.25, 0.3) is 6.08 Å². The van der Waals surface area contributed by atoms with E-state index in [1.54, 1.807) is 37.5 Å². The van der Waals surface area contributed by atoms with Gasteiger partial charge in [-0.15, -0.1) is 0 Å². The SMILES string of the molecule is COc1ccc(/C=C/C(=O)Nc2cccc(C(=O)N3CCCC3)c2)cc1. The summed E-state index contributed by atoms with van der Waals surface area (Å²) >= 11 is 0. The van der Waals surface area contributed by atoms with E-state index in [1.807, 2.05) is 29.2 Å². The van der Waals surface area contributed by atoms with Crippen LogP contribution in [0.15, 0.2) is 54.6 Å². The summed E-state index contributed by atoms with van der Waals surface area (Å²) in [5.41, 5.74) is 2.11. The molecule has 0 bridgehead atoms. The number of benzene rings is 2. The first-order chi connectivity index (χ1) is 12.7. The number of carbonyl (C=O) groups excluding carboxylic acids is 2. The largest absolute Gasteiger partial charge is 0.497 e. The van der Waals surface area contributed by atoms with E-state index in [0.717, 1.165) is 37.2 Å². The van der Waals surface area contributed by atoms with Gasteiger partial charge in [-0.2, -0.15) is 0 Å². The molecular formula is C21H22N2O3. The molecule has 1 saturated heterocycles. The van der Waals surface area contributed by atoms with Gasteiger partial charge >= 0.3 is 0 Å². The van der Waals surface area contributed by atoms with E-state index in [1.165, 1.54) is 6.08 Å². The van der Waals surface area contributed by atoms with Gasteiger partial charge in [0.1, 0.15) is 5.75 Å². The zero-order valence-corrected chi connectivity index (χ0v) is 14.8. The number of hydrogen-bond donors (Lipinski definition) is 1. The molecule has 2 amide bonds. The molecule has 1 fully saturated rings. The summed E-state index contributed by atoms with van der Waals surface area (Å²) in [5.74, 6) is 0.546. The average Bonchev–Trinajstić information content (AvgIpc) is 3.21. The van der Waals surface area contributed by atoms with E-state index < -0.39 is 0 Å². The Kier molecular flexibility index (Phi) is 5.69. The molecule has 0 unspecified atom stereocenters. The minimum Gasteiger partial charge on any atom is -0.497 e. The molecule has 1 aliphatic rings. The third-order valence-electron chi connectivity index (χ3n) is 4.31. The van der Waals surface area contributed by atoms with E-state index >= 15 is 0 Å². The van der Waals surface area contributed by atoms with E-state index in [4.69, 9.17) is 4.74 Å². The summed E-state index contributed by atoms with van der Waals surface area (Å²) < 4.78 is 5.11. The van der Waals surface area contributed by atoms with E-state index in [9.17, 15) is 9.59 Å². The molecule has 0 saturated carbocycles. The molecule has 0 radical (unpaired) electrons. The molecule has 0 atom stereocenters. The van der Waals surface area contributed by atoms with Crippen LogP contribution in [0.2, 0.25) is 0 Å². The van der Waals surface area contributed by atoms with Crippen molar-refractivity contribution in [3.8, 4) is 5.75 Å². The number of carbonyl (C=O) groups is 2. The molecule has 1 N–H and O–H groups in total. The Bertz CT molecular complexity index is 806. The first-order valence-electron chi connectivity index (χ1n) is 8.68. The number of nitrogens with zero attached hydrogens (tertiary/aromatic N) is 1. The minimum atomic E-state index is -0.244. The normalized spacial score (nSPS) is 13.8. The van der Waals surface area contributed by atoms with Gasteiger partial charge < -0.3 is 15.0 Å². The average molecular weight is 350 g/mol. The summed E-state index contributed by atoms with van der Waals surface area (Å²) in [7, 11) is 1.61. The number of rotatable bonds is 5. The smallest absolute Gasteiger partial charge is 0.253 e. The van der Waals surface area contributed by atoms with Crippen LogP contribution in [0.4, 0.5) is 5.69 Å². The molecule has 0 aromatic heterocycles. The number of amides is 2. The van der Waals surface area contributed by atoms with Crippen molar-refractivity contribution in [1.82, 2.24) is 4.90 Å². The highest BCUT2D eigenvalue weighted by Gasteiger charge is 2.19. The van der Waals surface area contributed by atoms with E-state index in [-0.39, 0.29) is 11.8 Å². The standard InChI is InChI=1S/C21H22N2O3/c1-26-19-10-7-16(8-11-19)9-12-20(24)22-18-6-4-5-17(15-18)21(25)23-13-2-3-14-23/h4-12,15H,2-3,13-14H2,1H3,(H,22,24)/b12-9+. The van der Waals surface area contributed by atoms with Gasteiger partial charge in [-0.25, -0.2) is 0 Å². The number of hydrogen-bond acceptors (Lipinski definition) is 3. The molecule has 134 valence electrons. The lowest BCUT2D eigenvalue weighted by Crippen LogP contribution is -2.27. The van der Waals surface area contributed by atoms with Gasteiger partial charge in [-0.1, -0.05) is 18.2 Å². The predicted molar refractivity (Wildman–Crippen MR) is 102 cm³/mol. The Hall–Kier alpha value is -3.08. The Morgan fingerprint density at radius 2 is 1.81 bits per heavy atom. The second-order valence-electron chi connectivity index (χ2n) is 6.18. The maximum atomic E-state index is 12.4. The van der Waals surface area contributed by atoms with Gasteiger partial charge in [0.2, 0.25) is 5.91 Å². The third-order valence-corrected chi connectivity index (χ3v) is 4.31. The molecule has 3 rings (SSSR count). The van der Waals surface area contributed by atoms with Crippen molar-refractivity contribution in [2.75, 3.05) is 25.5 Å². The summed E-state index contributed by atoms with van der Waals surface area (Å²) in [6.07, 6.45) is 5.31. The lowest BCUT2D eigenvalue weighted by Gasteiger charge is -2.15. The van der Waals surface area contributed by atoms with Gasteiger partial charge in [0.05, 0.1) is 7.11 Å². The molecular weight excluding hydrogens is 328 g/mol. The lowest BCUT2D eigenvalue weighted by molar-refractivity contribution is -0.111. The van der Waals surface area contributed by atoms with E-state index in [0.29, 0.717) is 11.3 Å². The Balaban J connectivity index is 1.62. The number of nitrogens with one attached hydrogen (secondary N) is 1. The first-order valence-corrected chi connectivity index (χ1v) is 8.68. The maximum absolute atomic E-state index is 12.4. The van der Waals surface area contributed by atoms with Crippen molar-refractivity contribution in [2.45, 2.75) is 12.8 Å². The molecule has 2 aromatic rings. The number of anilines is 1. The van der Waals surface area contributed by atoms with Crippen LogP contribution in [0, 0.1) is 0 Å². The van der Waals surface area contributed by atoms with Crippen LogP contribution in [0.5, 0.6) is 5.75 Å². The molecule has 5 nitrogen and oxygen atoms in total. The zero-order valence-electron chi connectivity index (χ0n) is 14.8. The maximum Gasteiger partial charge on any atom is 0.253 e. The first kappa shape index (κ1) is 17.7. The lowest BCUT2D eigenvalue weighted by atomic mass is 10.1. The van der Waals surface area contributed by atoms with Crippen molar-refractivity contribution in [3.05, 3.63) is 65.7 Å². The summed E-state index contributed by atoms with van der Waals surface area (Å²) in [5, 5.41) is 2.80. The minimum absolute atomic E-state index is 0.0207. The molecule has 5 heteroatoms. The molecule has 26 heavy (non-hydrogen) atoms. The third kappa shape index (κ3) is 4.51. The molecule has 2 aromatic carbocycles. The van der Waals surface area contributed by atoms with Crippen molar-refractivity contribution in [3.63, 3.8) is 0 Å². The highest BCUT2D eigenvalue weighted by Crippen LogP contribution is 2.17. The van der Waals surface area contributed by atoms with Crippen LogP contribution < -0.4 is 10.1 Å². The molecule has 1 heterocycles. The van der Waals surface area contributed by atoms with Crippen molar-refractivity contribution in [2.24, 2.45) is 0 Å². The van der Waals surface area contributed by atoms with Crippen molar-refractivity contribution in [1.29, 1.82) is 0 Å². The summed E-state index contributed by atoms with van der Waals surface area (Å²) in [6.45, 7) is 1.61. The van der Waals surface area contributed by atoms with Crippen molar-refractivity contribution >= 4 is 23.6 Å². The van der Waals surface area contributed by atoms with Gasteiger partial charge in [0.25, 0.3) is 5.91 Å². The molecule has 0 aliphatic carbocycles. The topological polar surface area (TPSA) is 58.6 Å². The molecule has 0 spiro atoms. The second kappa shape index (κ2) is 8.34. The zero-order chi connectivity index (χ0) is 18.4. The Labute approximate surface area is 153 Å². The van der Waals surface area contributed by atoms with Crippen LogP contribution in [0.3, 0.4) is 0 Å². The fourth-order valence-electron chi connectivity index (χ4n) is 2.90. The van der Waals surface area contributed by atoms with Crippen LogP contribution in [-0.2, 0) is 4.79 Å². The number of likely N-dealkylation sites (tertiary alicyclic amines) is 1. The number of ether oxygens (including phenoxy) is 1. The van der Waals surface area contributed by atoms with Gasteiger partial charge in [-0.05, 0) is 54.8 Å². The highest BCUT2D eigenvalue weighted by atomic mass is 16.5. The van der Waals surface area contributed by atoms with Crippen LogP contribution in [-0.4, -0.2) is 36.9 Å². The fraction of sp³-hybridized carbons (Fsp3) is 0.238. The Morgan fingerprint density at radius 1 is 1.08 bits per heavy atom. The number of methoxy groups -OCH3 is 1. The predicted octanol–water partition coefficient (Wildman–Crippen LogP) is 3.58. The monoisotopic (exact) mass is 350 g/mol. The summed E-state index contributed by atoms with van der Waals surface area (Å²) in [4.78, 5) is 26.4. The molecule has 1 aliphatic heterocycles. The summed E-state index contributed by atoms with van der Waals surface area (Å²) in [6, 6.07) is 14.5. The second-order valence-corrected chi connectivity index (χ2v) is 6.18. The van der Waals surface area contributed by atoms with Gasteiger partial charge in [0, 0.05) is 30.4 Å². The van der Waals surface area contributed by atoms with Gasteiger partial charge in [0.15, 0.2) is 0 Å². The Morgan fingerprint density at radius 3 is 2.50 bits per heavy atom. The fourth-order valence-corrected chi connectivity index (χ4v) is 2.90. The van der Waals surface area contributed by atoms with Crippen LogP contribution in [0.1, 0.15) is 28.8 Å².